The zero-order valence-electron chi connectivity index (χ0n) is 19.5. The van der Waals surface area contributed by atoms with Gasteiger partial charge in [-0.1, -0.05) is 18.2 Å². The lowest BCUT2D eigenvalue weighted by Crippen LogP contribution is -2.35. The first-order valence-electron chi connectivity index (χ1n) is 11.3. The molecule has 2 aromatic carbocycles. The number of ether oxygens (including phenoxy) is 2. The topological polar surface area (TPSA) is 105 Å². The highest BCUT2D eigenvalue weighted by atomic mass is 32.1. The number of hydrogen-bond donors (Lipinski definition) is 2. The zero-order valence-corrected chi connectivity index (χ0v) is 20.3. The lowest BCUT2D eigenvalue weighted by molar-refractivity contribution is 0.0972. The predicted molar refractivity (Wildman–Crippen MR) is 143 cm³/mol. The first kappa shape index (κ1) is 22.5. The summed E-state index contributed by atoms with van der Waals surface area (Å²) in [5.74, 6) is 0.985. The van der Waals surface area contributed by atoms with E-state index in [1.165, 1.54) is 36.3 Å². The second kappa shape index (κ2) is 9.25. The highest BCUT2D eigenvalue weighted by Gasteiger charge is 2.33. The Morgan fingerprint density at radius 1 is 1.11 bits per heavy atom. The van der Waals surface area contributed by atoms with E-state index in [1.807, 2.05) is 55.5 Å². The average molecular weight is 510 g/mol. The van der Waals surface area contributed by atoms with Gasteiger partial charge in [0.25, 0.3) is 5.91 Å². The van der Waals surface area contributed by atoms with Gasteiger partial charge in [0.15, 0.2) is 0 Å². The van der Waals surface area contributed by atoms with Gasteiger partial charge in [0, 0.05) is 6.20 Å². The number of nitrogens with one attached hydrogen (secondary N) is 2. The van der Waals surface area contributed by atoms with E-state index in [4.69, 9.17) is 9.47 Å². The van der Waals surface area contributed by atoms with Crippen LogP contribution in [0.5, 0.6) is 11.5 Å². The van der Waals surface area contributed by atoms with E-state index in [0.717, 1.165) is 11.3 Å². The number of anilines is 3. The number of urea groups is 1. The van der Waals surface area contributed by atoms with Crippen LogP contribution >= 0.6 is 11.3 Å². The van der Waals surface area contributed by atoms with E-state index in [0.29, 0.717) is 43.6 Å². The number of nitrogens with zero attached hydrogens (tertiary/aromatic N) is 3. The lowest BCUT2D eigenvalue weighted by Gasteiger charge is -2.29. The number of aliphatic imine (C=N–C) groups is 1. The number of rotatable bonds is 5. The lowest BCUT2D eigenvalue weighted by atomic mass is 10.1. The molecular formula is C27H19N5O4S. The van der Waals surface area contributed by atoms with Crippen LogP contribution < -0.4 is 20.3 Å². The van der Waals surface area contributed by atoms with Gasteiger partial charge in [-0.15, -0.1) is 11.3 Å². The summed E-state index contributed by atoms with van der Waals surface area (Å²) in [7, 11) is 0. The molecule has 0 fully saturated rings. The zero-order chi connectivity index (χ0) is 25.4. The molecule has 37 heavy (non-hydrogen) atoms. The van der Waals surface area contributed by atoms with Crippen LogP contribution in [-0.4, -0.2) is 23.1 Å². The number of aryl methyl sites for hydroxylation is 1. The van der Waals surface area contributed by atoms with Crippen LogP contribution in [0.15, 0.2) is 90.2 Å². The Labute approximate surface area is 215 Å². The van der Waals surface area contributed by atoms with E-state index in [2.05, 4.69) is 20.6 Å². The maximum absolute atomic E-state index is 13.4. The molecule has 0 unspecified atom stereocenters. The van der Waals surface area contributed by atoms with E-state index < -0.39 is 5.91 Å². The molecule has 4 heterocycles. The molecule has 10 heteroatoms. The fraction of sp³-hybridized carbons (Fsp3) is 0.0370. The molecular weight excluding hydrogens is 490 g/mol. The normalized spacial score (nSPS) is 14.0. The fourth-order valence-corrected chi connectivity index (χ4v) is 5.15. The van der Waals surface area contributed by atoms with Crippen LogP contribution in [0.4, 0.5) is 21.9 Å². The average Bonchev–Trinajstić information content (AvgIpc) is 3.07. The summed E-state index contributed by atoms with van der Waals surface area (Å²) >= 11 is 1.20. The minimum absolute atomic E-state index is 0.331. The SMILES string of the molecule is Cc1cc(Oc2ccccc2)ccc1N1C(=O)Nc2c(C(=O)NC3=COC=CN=C3)sc3nccc1c23. The highest BCUT2D eigenvalue weighted by Crippen LogP contribution is 2.46. The van der Waals surface area contributed by atoms with Gasteiger partial charge >= 0.3 is 6.03 Å². The second-order valence-corrected chi connectivity index (χ2v) is 9.17. The maximum atomic E-state index is 13.4. The first-order chi connectivity index (χ1) is 18.1. The summed E-state index contributed by atoms with van der Waals surface area (Å²) in [6, 6.07) is 16.4. The van der Waals surface area contributed by atoms with Gasteiger partial charge in [0.05, 0.1) is 40.6 Å². The molecule has 0 radical (unpaired) electrons. The number of benzene rings is 2. The van der Waals surface area contributed by atoms with Crippen molar-refractivity contribution in [3.63, 3.8) is 0 Å². The van der Waals surface area contributed by atoms with E-state index in [1.54, 1.807) is 17.2 Å². The minimum atomic E-state index is -0.403. The molecule has 2 aromatic heterocycles. The molecule has 2 aliphatic rings. The molecule has 9 nitrogen and oxygen atoms in total. The Morgan fingerprint density at radius 2 is 1.97 bits per heavy atom. The molecule has 2 N–H and O–H groups in total. The second-order valence-electron chi connectivity index (χ2n) is 8.17. The van der Waals surface area contributed by atoms with Gasteiger partial charge in [-0.2, -0.15) is 0 Å². The monoisotopic (exact) mass is 509 g/mol. The van der Waals surface area contributed by atoms with Crippen molar-refractivity contribution in [2.75, 3.05) is 10.2 Å². The third kappa shape index (κ3) is 4.19. The first-order valence-corrected chi connectivity index (χ1v) is 12.1. The number of pyridine rings is 1. The van der Waals surface area contributed by atoms with E-state index in [-0.39, 0.29) is 6.03 Å². The van der Waals surface area contributed by atoms with E-state index >= 15 is 0 Å². The number of amides is 3. The maximum Gasteiger partial charge on any atom is 0.331 e. The number of para-hydroxylation sites is 1. The molecule has 3 amide bonds. The number of allylic oxidation sites excluding steroid dienone is 1. The number of carbonyl (C=O) groups is 2. The molecule has 182 valence electrons. The molecule has 0 saturated heterocycles. The Hall–Kier alpha value is -4.96. The summed E-state index contributed by atoms with van der Waals surface area (Å²) < 4.78 is 11.1. The third-order valence-corrected chi connectivity index (χ3v) is 6.83. The molecule has 2 aliphatic heterocycles. The Morgan fingerprint density at radius 3 is 2.81 bits per heavy atom. The van der Waals surface area contributed by atoms with Crippen molar-refractivity contribution in [2.45, 2.75) is 6.92 Å². The quantitative estimate of drug-likeness (QED) is 0.332. The summed E-state index contributed by atoms with van der Waals surface area (Å²) in [5.41, 5.74) is 2.98. The number of hydrogen-bond acceptors (Lipinski definition) is 7. The molecule has 0 saturated carbocycles. The molecule has 6 rings (SSSR count). The van der Waals surface area contributed by atoms with Crippen LogP contribution in [0.25, 0.3) is 10.2 Å². The molecule has 0 spiro atoms. The van der Waals surface area contributed by atoms with E-state index in [9.17, 15) is 9.59 Å². The van der Waals surface area contributed by atoms with Crippen molar-refractivity contribution in [1.82, 2.24) is 10.3 Å². The summed E-state index contributed by atoms with van der Waals surface area (Å²) in [4.78, 5) is 37.5. The number of thiophene rings is 1. The van der Waals surface area contributed by atoms with Gasteiger partial charge in [0.1, 0.15) is 33.7 Å². The molecule has 0 atom stereocenters. The van der Waals surface area contributed by atoms with Gasteiger partial charge in [-0.05, 0) is 48.9 Å². The van der Waals surface area contributed by atoms with Gasteiger partial charge in [-0.25, -0.2) is 9.78 Å². The van der Waals surface area contributed by atoms with Crippen molar-refractivity contribution < 1.29 is 19.1 Å². The van der Waals surface area contributed by atoms with Gasteiger partial charge in [0.2, 0.25) is 0 Å². The summed E-state index contributed by atoms with van der Waals surface area (Å²) in [6.45, 7) is 1.92. The predicted octanol–water partition coefficient (Wildman–Crippen LogP) is 6.22. The third-order valence-electron chi connectivity index (χ3n) is 5.73. The van der Waals surface area contributed by atoms with Crippen molar-refractivity contribution >= 4 is 56.8 Å². The van der Waals surface area contributed by atoms with Crippen LogP contribution in [0.3, 0.4) is 0 Å². The van der Waals surface area contributed by atoms with Crippen molar-refractivity contribution in [1.29, 1.82) is 0 Å². The minimum Gasteiger partial charge on any atom is -0.469 e. The smallest absolute Gasteiger partial charge is 0.331 e. The summed E-state index contributed by atoms with van der Waals surface area (Å²) in [5, 5.41) is 6.36. The van der Waals surface area contributed by atoms with Gasteiger partial charge < -0.3 is 20.1 Å². The van der Waals surface area contributed by atoms with Gasteiger partial charge in [-0.3, -0.25) is 14.7 Å². The molecule has 4 aromatic rings. The largest absolute Gasteiger partial charge is 0.469 e. The van der Waals surface area contributed by atoms with Crippen LogP contribution in [0, 0.1) is 6.92 Å². The standard InChI is InChI=1S/C27H19N5O4S/c1-16-13-19(36-18-5-3-2-4-6-18)7-8-20(16)32-21-9-10-29-26-22(21)23(31-27(32)34)24(37-26)25(33)30-17-14-28-11-12-35-15-17/h2-15H,1H3,(H,30,33)(H,31,34). The van der Waals surface area contributed by atoms with Crippen molar-refractivity contribution in [3.05, 3.63) is 95.7 Å². The molecule has 0 aliphatic carbocycles. The molecule has 0 bridgehead atoms. The Balaban J connectivity index is 1.35. The van der Waals surface area contributed by atoms with Crippen molar-refractivity contribution in [2.24, 2.45) is 4.99 Å². The van der Waals surface area contributed by atoms with Crippen LogP contribution in [-0.2, 0) is 4.74 Å². The van der Waals surface area contributed by atoms with Crippen LogP contribution in [0.2, 0.25) is 0 Å². The fourth-order valence-electron chi connectivity index (χ4n) is 4.14. The number of aromatic nitrogens is 1. The summed E-state index contributed by atoms with van der Waals surface area (Å²) in [6.07, 6.45) is 7.34. The Bertz CT molecular complexity index is 1640. The Kier molecular flexibility index (Phi) is 5.62. The number of carbonyl (C=O) groups excluding carboxylic acids is 2. The highest BCUT2D eigenvalue weighted by molar-refractivity contribution is 7.21. The van der Waals surface area contributed by atoms with Crippen LogP contribution in [0.1, 0.15) is 15.2 Å². The van der Waals surface area contributed by atoms with Crippen molar-refractivity contribution in [3.8, 4) is 11.5 Å².